The number of amides is 2. The molecule has 10 N–H and O–H groups in total. The number of ether oxygens (including phenoxy) is 1. The van der Waals surface area contributed by atoms with Crippen molar-refractivity contribution in [2.24, 2.45) is 11.5 Å². The van der Waals surface area contributed by atoms with Crippen molar-refractivity contribution in [3.05, 3.63) is 12.7 Å². The van der Waals surface area contributed by atoms with Gasteiger partial charge in [-0.25, -0.2) is 19.7 Å². The highest BCUT2D eigenvalue weighted by molar-refractivity contribution is 5.93. The summed E-state index contributed by atoms with van der Waals surface area (Å²) >= 11 is 0. The zero-order valence-corrected chi connectivity index (χ0v) is 16.6. The number of nitrogens with two attached hydrogens (primary N) is 3. The first kappa shape index (κ1) is 22.8. The number of fused-ring (bicyclic) bond motifs is 1. The average molecular weight is 438 g/mol. The average Bonchev–Trinajstić information content (AvgIpc) is 3.28. The van der Waals surface area contributed by atoms with Crippen molar-refractivity contribution in [2.45, 2.75) is 49.3 Å². The number of nitrogens with zero attached hydrogens (tertiary/aromatic N) is 4. The van der Waals surface area contributed by atoms with E-state index in [0.29, 0.717) is 19.4 Å². The number of rotatable bonds is 9. The number of carbonyl (C=O) groups excluding carboxylic acids is 2. The first-order valence-electron chi connectivity index (χ1n) is 9.66. The van der Waals surface area contributed by atoms with Gasteiger partial charge in [0.15, 0.2) is 11.5 Å². The highest BCUT2D eigenvalue weighted by atomic mass is 16.6. The van der Waals surface area contributed by atoms with Crippen LogP contribution in [-0.4, -0.2) is 84.2 Å². The molecular weight excluding hydrogens is 412 g/mol. The Bertz CT molecular complexity index is 954. The third-order valence-electron chi connectivity index (χ3n) is 5.27. The van der Waals surface area contributed by atoms with Gasteiger partial charge in [0.05, 0.1) is 12.6 Å². The lowest BCUT2D eigenvalue weighted by Crippen LogP contribution is -2.57. The molecule has 0 saturated carbocycles. The Morgan fingerprint density at radius 1 is 1.29 bits per heavy atom. The quantitative estimate of drug-likeness (QED) is 0.194. The van der Waals surface area contributed by atoms with Gasteiger partial charge < -0.3 is 42.6 Å². The number of primary amides is 1. The van der Waals surface area contributed by atoms with Crippen LogP contribution in [0.15, 0.2) is 12.7 Å². The van der Waals surface area contributed by atoms with E-state index in [4.69, 9.17) is 21.9 Å². The molecule has 1 saturated heterocycles. The lowest BCUT2D eigenvalue weighted by Gasteiger charge is -2.34. The summed E-state index contributed by atoms with van der Waals surface area (Å²) in [4.78, 5) is 36.2. The number of urea groups is 1. The Morgan fingerprint density at radius 3 is 2.68 bits per heavy atom. The standard InChI is InChI=1S/C17H26N8O6/c18-8(3-1-2-4-21-16(20)30)12(28)17(13(29)11(27)9(5-26)31-17)25-7-24-10-14(19)22-6-23-15(10)25/h6-9,11,13,26-27,29H,1-5,18H2,(H2,19,22,23)(H3,20,21,30)/t8-,9+,11+,13+,17+/m0/s1. The van der Waals surface area contributed by atoms with Crippen LogP contribution in [0.4, 0.5) is 10.6 Å². The molecule has 31 heavy (non-hydrogen) atoms. The van der Waals surface area contributed by atoms with Crippen molar-refractivity contribution in [3.63, 3.8) is 0 Å². The highest BCUT2D eigenvalue weighted by Gasteiger charge is 2.61. The maximum Gasteiger partial charge on any atom is 0.312 e. The predicted molar refractivity (Wildman–Crippen MR) is 106 cm³/mol. The molecule has 1 aliphatic rings. The lowest BCUT2D eigenvalue weighted by molar-refractivity contribution is -0.175. The number of Topliss-reactive ketones (excluding diaryl/α,β-unsaturated/α-hetero) is 1. The van der Waals surface area contributed by atoms with E-state index in [2.05, 4.69) is 20.3 Å². The van der Waals surface area contributed by atoms with Gasteiger partial charge in [-0.2, -0.15) is 0 Å². The van der Waals surface area contributed by atoms with E-state index in [0.717, 1.165) is 10.9 Å². The molecule has 170 valence electrons. The molecule has 1 aliphatic heterocycles. The zero-order chi connectivity index (χ0) is 22.8. The van der Waals surface area contributed by atoms with Gasteiger partial charge in [-0.3, -0.25) is 9.36 Å². The fraction of sp³-hybridized carbons (Fsp3) is 0.588. The SMILES string of the molecule is NC(=O)NCCCC[C@H](N)C(=O)[C@@]1(n2cnc3c(N)ncnc32)O[C@H](CO)[C@@H](O)[C@H]1O. The second-order valence-corrected chi connectivity index (χ2v) is 7.27. The maximum absolute atomic E-state index is 13.5. The lowest BCUT2D eigenvalue weighted by atomic mass is 9.91. The zero-order valence-electron chi connectivity index (χ0n) is 16.6. The predicted octanol–water partition coefficient (Wildman–Crippen LogP) is -3.09. The summed E-state index contributed by atoms with van der Waals surface area (Å²) in [5.41, 5.74) is 15.0. The number of unbranched alkanes of at least 4 members (excludes halogenated alkanes) is 1. The molecular formula is C17H26N8O6. The van der Waals surface area contributed by atoms with Gasteiger partial charge >= 0.3 is 6.03 Å². The molecule has 2 aromatic rings. The van der Waals surface area contributed by atoms with Crippen molar-refractivity contribution in [3.8, 4) is 0 Å². The fourth-order valence-corrected chi connectivity index (χ4v) is 3.67. The van der Waals surface area contributed by atoms with Gasteiger partial charge in [0, 0.05) is 6.54 Å². The number of aromatic nitrogens is 4. The summed E-state index contributed by atoms with van der Waals surface area (Å²) < 4.78 is 6.88. The first-order chi connectivity index (χ1) is 14.7. The Balaban J connectivity index is 1.93. The molecule has 5 atom stereocenters. The van der Waals surface area contributed by atoms with Gasteiger partial charge in [0.2, 0.25) is 11.5 Å². The van der Waals surface area contributed by atoms with Crippen LogP contribution in [-0.2, 0) is 15.3 Å². The Hall–Kier alpha value is -2.91. The van der Waals surface area contributed by atoms with Crippen LogP contribution in [0.25, 0.3) is 11.2 Å². The van der Waals surface area contributed by atoms with Gasteiger partial charge in [-0.05, 0) is 19.3 Å². The molecule has 14 nitrogen and oxygen atoms in total. The minimum absolute atomic E-state index is 0.0457. The third kappa shape index (κ3) is 4.03. The van der Waals surface area contributed by atoms with Crippen LogP contribution in [0.5, 0.6) is 0 Å². The molecule has 2 aromatic heterocycles. The van der Waals surface area contributed by atoms with E-state index in [1.54, 1.807) is 0 Å². The summed E-state index contributed by atoms with van der Waals surface area (Å²) in [5, 5.41) is 33.2. The first-order valence-corrected chi connectivity index (χ1v) is 9.66. The van der Waals surface area contributed by atoms with Gasteiger partial charge in [-0.15, -0.1) is 0 Å². The van der Waals surface area contributed by atoms with E-state index in [1.165, 1.54) is 6.33 Å². The van der Waals surface area contributed by atoms with E-state index in [9.17, 15) is 24.9 Å². The van der Waals surface area contributed by atoms with E-state index in [1.807, 2.05) is 0 Å². The summed E-state index contributed by atoms with van der Waals surface area (Å²) in [6, 6.07) is -1.76. The van der Waals surface area contributed by atoms with E-state index >= 15 is 0 Å². The second-order valence-electron chi connectivity index (χ2n) is 7.27. The smallest absolute Gasteiger partial charge is 0.312 e. The van der Waals surface area contributed by atoms with Crippen molar-refractivity contribution in [2.75, 3.05) is 18.9 Å². The molecule has 3 heterocycles. The number of hydrogen-bond donors (Lipinski definition) is 7. The summed E-state index contributed by atoms with van der Waals surface area (Å²) in [6.07, 6.45) is -1.08. The van der Waals surface area contributed by atoms with Crippen LogP contribution < -0.4 is 22.5 Å². The maximum atomic E-state index is 13.5. The number of nitrogens with one attached hydrogen (secondary N) is 1. The molecule has 0 unspecified atom stereocenters. The minimum atomic E-state index is -2.19. The number of carbonyl (C=O) groups is 2. The molecule has 0 aliphatic carbocycles. The molecule has 0 spiro atoms. The molecule has 0 radical (unpaired) electrons. The van der Waals surface area contributed by atoms with Gasteiger partial charge in [0.25, 0.3) is 0 Å². The van der Waals surface area contributed by atoms with E-state index in [-0.39, 0.29) is 23.4 Å². The summed E-state index contributed by atoms with van der Waals surface area (Å²) in [5.74, 6) is -0.696. The molecule has 0 aromatic carbocycles. The number of ketones is 1. The Kier molecular flexibility index (Phi) is 6.66. The number of aliphatic hydroxyl groups is 3. The van der Waals surface area contributed by atoms with Crippen LogP contribution in [0.1, 0.15) is 19.3 Å². The number of nitrogen functional groups attached to an aromatic ring is 1. The molecule has 1 fully saturated rings. The van der Waals surface area contributed by atoms with E-state index < -0.39 is 48.5 Å². The molecule has 3 rings (SSSR count). The number of hydrogen-bond acceptors (Lipinski definition) is 11. The second kappa shape index (κ2) is 9.07. The van der Waals surface area contributed by atoms with Crippen LogP contribution in [0.3, 0.4) is 0 Å². The summed E-state index contributed by atoms with van der Waals surface area (Å²) in [6.45, 7) is -0.334. The largest absolute Gasteiger partial charge is 0.394 e. The minimum Gasteiger partial charge on any atom is -0.394 e. The van der Waals surface area contributed by atoms with Crippen molar-refractivity contribution < 1.29 is 29.6 Å². The fourth-order valence-electron chi connectivity index (χ4n) is 3.67. The van der Waals surface area contributed by atoms with Crippen LogP contribution >= 0.6 is 0 Å². The molecule has 2 amide bonds. The van der Waals surface area contributed by atoms with Crippen molar-refractivity contribution in [1.29, 1.82) is 0 Å². The Morgan fingerprint density at radius 2 is 2.03 bits per heavy atom. The third-order valence-corrected chi connectivity index (χ3v) is 5.27. The number of imidazole rings is 1. The van der Waals surface area contributed by atoms with Crippen molar-refractivity contribution in [1.82, 2.24) is 24.8 Å². The number of anilines is 1. The summed E-state index contributed by atoms with van der Waals surface area (Å²) in [7, 11) is 0. The normalized spacial score (nSPS) is 26.8. The highest BCUT2D eigenvalue weighted by Crippen LogP contribution is 2.39. The van der Waals surface area contributed by atoms with Crippen LogP contribution in [0, 0.1) is 0 Å². The monoisotopic (exact) mass is 438 g/mol. The van der Waals surface area contributed by atoms with Gasteiger partial charge in [-0.1, -0.05) is 0 Å². The molecule has 14 heteroatoms. The topological polar surface area (TPSA) is 238 Å². The van der Waals surface area contributed by atoms with Crippen molar-refractivity contribution >= 4 is 28.8 Å². The molecule has 0 bridgehead atoms. The number of aliphatic hydroxyl groups excluding tert-OH is 3. The Labute approximate surface area is 176 Å². The van der Waals surface area contributed by atoms with Crippen LogP contribution in [0.2, 0.25) is 0 Å². The van der Waals surface area contributed by atoms with Gasteiger partial charge in [0.1, 0.15) is 36.5 Å².